The van der Waals surface area contributed by atoms with Crippen LogP contribution in [-0.2, 0) is 11.6 Å². The molecule has 82 valence electrons. The molecule has 7 nitrogen and oxygen atoms in total. The third-order valence-corrected chi connectivity index (χ3v) is 1.23. The van der Waals surface area contributed by atoms with Gasteiger partial charge in [0, 0.05) is 19.4 Å². The number of phosphoric acid groups is 1. The quantitative estimate of drug-likeness (QED) is 0.480. The molecule has 14 heavy (non-hydrogen) atoms. The van der Waals surface area contributed by atoms with Crippen LogP contribution in [0, 0.1) is 0 Å². The van der Waals surface area contributed by atoms with Gasteiger partial charge in [0.2, 0.25) is 0 Å². The molecule has 0 saturated heterocycles. The molecule has 0 aromatic carbocycles. The zero-order valence-electron chi connectivity index (χ0n) is 7.77. The van der Waals surface area contributed by atoms with Gasteiger partial charge in [-0.05, 0) is 6.92 Å². The first kappa shape index (κ1) is 13.3. The van der Waals surface area contributed by atoms with E-state index in [1.807, 2.05) is 13.2 Å². The minimum absolute atomic E-state index is 0.468. The summed E-state index contributed by atoms with van der Waals surface area (Å²) in [5.74, 6) is 0.704. The molecule has 0 spiro atoms. The molecule has 0 aliphatic carbocycles. The van der Waals surface area contributed by atoms with Crippen LogP contribution < -0.4 is 0 Å². The molecule has 0 aliphatic heterocycles. The Morgan fingerprint density at radius 1 is 1.50 bits per heavy atom. The fraction of sp³-hybridized carbons (Fsp3) is 0.500. The maximum atomic E-state index is 9.01. The molecule has 8 heteroatoms. The summed E-state index contributed by atoms with van der Waals surface area (Å²) in [4.78, 5) is 25.5. The van der Waals surface area contributed by atoms with Crippen LogP contribution in [0.1, 0.15) is 18.9 Å². The van der Waals surface area contributed by atoms with E-state index in [9.17, 15) is 0 Å². The Kier molecular flexibility index (Phi) is 4.96. The molecule has 0 fully saturated rings. The summed E-state index contributed by atoms with van der Waals surface area (Å²) in [6, 6.07) is 0. The van der Waals surface area contributed by atoms with Crippen molar-refractivity contribution in [3.63, 3.8) is 0 Å². The molecule has 0 aliphatic rings. The number of imidazole rings is 1. The molecule has 1 atom stereocenters. The zero-order chi connectivity index (χ0) is 11.4. The standard InChI is InChI=1S/C6H10N2O.H3O4P/c1-5(9)6-7-3-4-8(6)2;1-5(2,3)4/h3-5,9H,1-2H3;(H3,1,2,3,4). The van der Waals surface area contributed by atoms with Gasteiger partial charge in [0.1, 0.15) is 11.9 Å². The van der Waals surface area contributed by atoms with Crippen LogP contribution in [0.2, 0.25) is 0 Å². The molecule has 1 aromatic rings. The van der Waals surface area contributed by atoms with Gasteiger partial charge in [-0.2, -0.15) is 0 Å². The molecule has 0 bridgehead atoms. The lowest BCUT2D eigenvalue weighted by Gasteiger charge is -2.01. The fourth-order valence-electron chi connectivity index (χ4n) is 0.780. The number of aryl methyl sites for hydroxylation is 1. The smallest absolute Gasteiger partial charge is 0.385 e. The highest BCUT2D eigenvalue weighted by Gasteiger charge is 2.03. The normalized spacial score (nSPS) is 13.0. The largest absolute Gasteiger partial charge is 0.466 e. The van der Waals surface area contributed by atoms with E-state index in [-0.39, 0.29) is 0 Å². The van der Waals surface area contributed by atoms with Gasteiger partial charge in [0.15, 0.2) is 0 Å². The fourth-order valence-corrected chi connectivity index (χ4v) is 0.780. The van der Waals surface area contributed by atoms with E-state index in [4.69, 9.17) is 24.4 Å². The minimum Gasteiger partial charge on any atom is -0.385 e. The topological polar surface area (TPSA) is 116 Å². The van der Waals surface area contributed by atoms with Crippen LogP contribution in [0.15, 0.2) is 12.4 Å². The predicted molar refractivity (Wildman–Crippen MR) is 48.1 cm³/mol. The van der Waals surface area contributed by atoms with Gasteiger partial charge in [-0.1, -0.05) is 0 Å². The predicted octanol–water partition coefficient (Wildman–Crippen LogP) is -0.455. The highest BCUT2D eigenvalue weighted by Crippen LogP contribution is 2.25. The maximum Gasteiger partial charge on any atom is 0.466 e. The van der Waals surface area contributed by atoms with E-state index < -0.39 is 13.9 Å². The van der Waals surface area contributed by atoms with Crippen molar-refractivity contribution in [3.05, 3.63) is 18.2 Å². The van der Waals surface area contributed by atoms with Crippen molar-refractivity contribution >= 4 is 7.82 Å². The van der Waals surface area contributed by atoms with E-state index in [1.54, 1.807) is 17.7 Å². The Morgan fingerprint density at radius 2 is 1.93 bits per heavy atom. The monoisotopic (exact) mass is 224 g/mol. The first-order valence-electron chi connectivity index (χ1n) is 3.65. The molecule has 1 rings (SSSR count). The molecule has 1 unspecified atom stereocenters. The van der Waals surface area contributed by atoms with E-state index in [1.165, 1.54) is 0 Å². The van der Waals surface area contributed by atoms with Gasteiger partial charge >= 0.3 is 7.82 Å². The number of hydrogen-bond donors (Lipinski definition) is 4. The van der Waals surface area contributed by atoms with Crippen LogP contribution in [-0.4, -0.2) is 29.3 Å². The second kappa shape index (κ2) is 5.23. The summed E-state index contributed by atoms with van der Waals surface area (Å²) in [5.41, 5.74) is 0. The number of rotatable bonds is 1. The van der Waals surface area contributed by atoms with Gasteiger partial charge in [-0.25, -0.2) is 9.55 Å². The SMILES string of the molecule is CC(O)c1nccn1C.O=P(O)(O)O. The molecule has 4 N–H and O–H groups in total. The van der Waals surface area contributed by atoms with Gasteiger partial charge in [0.25, 0.3) is 0 Å². The molecule has 1 aromatic heterocycles. The molecular formula is C6H13N2O5P. The van der Waals surface area contributed by atoms with Crippen molar-refractivity contribution < 1.29 is 24.4 Å². The van der Waals surface area contributed by atoms with Crippen LogP contribution in [0.4, 0.5) is 0 Å². The van der Waals surface area contributed by atoms with Crippen molar-refractivity contribution in [1.29, 1.82) is 0 Å². The summed E-state index contributed by atoms with van der Waals surface area (Å²) < 4.78 is 10.7. The van der Waals surface area contributed by atoms with E-state index in [0.717, 1.165) is 0 Å². The van der Waals surface area contributed by atoms with Crippen molar-refractivity contribution in [3.8, 4) is 0 Å². The van der Waals surface area contributed by atoms with Crippen LogP contribution in [0.5, 0.6) is 0 Å². The number of hydrogen-bond acceptors (Lipinski definition) is 3. The lowest BCUT2D eigenvalue weighted by molar-refractivity contribution is 0.185. The van der Waals surface area contributed by atoms with Crippen molar-refractivity contribution in [2.45, 2.75) is 13.0 Å². The third kappa shape index (κ3) is 6.76. The Hall–Kier alpha value is -0.720. The minimum atomic E-state index is -4.64. The summed E-state index contributed by atoms with van der Waals surface area (Å²) in [6.07, 6.45) is 3.01. The first-order chi connectivity index (χ1) is 6.22. The van der Waals surface area contributed by atoms with Crippen molar-refractivity contribution in [1.82, 2.24) is 9.55 Å². The number of nitrogens with zero attached hydrogens (tertiary/aromatic N) is 2. The Balaban J connectivity index is 0.000000292. The summed E-state index contributed by atoms with van der Waals surface area (Å²) >= 11 is 0. The zero-order valence-corrected chi connectivity index (χ0v) is 8.67. The van der Waals surface area contributed by atoms with Crippen LogP contribution in [0.3, 0.4) is 0 Å². The molecule has 0 amide bonds. The Morgan fingerprint density at radius 3 is 2.07 bits per heavy atom. The average molecular weight is 224 g/mol. The summed E-state index contributed by atoms with van der Waals surface area (Å²) in [5, 5.41) is 9.01. The highest BCUT2D eigenvalue weighted by atomic mass is 31.2. The summed E-state index contributed by atoms with van der Waals surface area (Å²) in [7, 11) is -2.78. The lowest BCUT2D eigenvalue weighted by atomic mass is 10.4. The second-order valence-electron chi connectivity index (χ2n) is 2.59. The van der Waals surface area contributed by atoms with Gasteiger partial charge in [0.05, 0.1) is 0 Å². The van der Waals surface area contributed by atoms with Crippen LogP contribution in [0.25, 0.3) is 0 Å². The van der Waals surface area contributed by atoms with Gasteiger partial charge < -0.3 is 24.4 Å². The van der Waals surface area contributed by atoms with E-state index in [2.05, 4.69) is 4.98 Å². The van der Waals surface area contributed by atoms with Gasteiger partial charge in [-0.15, -0.1) is 0 Å². The first-order valence-corrected chi connectivity index (χ1v) is 5.22. The number of aliphatic hydroxyl groups is 1. The average Bonchev–Trinajstić information content (AvgIpc) is 2.30. The molecule has 1 heterocycles. The third-order valence-electron chi connectivity index (χ3n) is 1.23. The molecular weight excluding hydrogens is 211 g/mol. The van der Waals surface area contributed by atoms with Gasteiger partial charge in [-0.3, -0.25) is 0 Å². The van der Waals surface area contributed by atoms with E-state index >= 15 is 0 Å². The number of aliphatic hydroxyl groups excluding tert-OH is 1. The molecule has 0 radical (unpaired) electrons. The molecule has 0 saturated carbocycles. The Bertz CT molecular complexity index is 310. The van der Waals surface area contributed by atoms with E-state index in [0.29, 0.717) is 5.82 Å². The van der Waals surface area contributed by atoms with Crippen LogP contribution >= 0.6 is 7.82 Å². The van der Waals surface area contributed by atoms with Crippen molar-refractivity contribution in [2.24, 2.45) is 7.05 Å². The summed E-state index contributed by atoms with van der Waals surface area (Å²) in [6.45, 7) is 1.70. The lowest BCUT2D eigenvalue weighted by Crippen LogP contribution is -2.00. The highest BCUT2D eigenvalue weighted by molar-refractivity contribution is 7.45. The maximum absolute atomic E-state index is 9.01. The number of aromatic nitrogens is 2. The second-order valence-corrected chi connectivity index (χ2v) is 3.61. The van der Waals surface area contributed by atoms with Crippen molar-refractivity contribution in [2.75, 3.05) is 0 Å². The Labute approximate surface area is 80.9 Å².